The van der Waals surface area contributed by atoms with E-state index < -0.39 is 0 Å². The quantitative estimate of drug-likeness (QED) is 0.331. The second-order valence-corrected chi connectivity index (χ2v) is 7.86. The lowest BCUT2D eigenvalue weighted by atomic mass is 10.0. The summed E-state index contributed by atoms with van der Waals surface area (Å²) in [4.78, 5) is 7.68. The molecule has 6 heteroatoms. The Kier molecular flexibility index (Phi) is 4.80. The molecule has 0 aliphatic carbocycles. The van der Waals surface area contributed by atoms with Crippen molar-refractivity contribution in [1.29, 1.82) is 5.26 Å². The number of rotatable bonds is 6. The van der Waals surface area contributed by atoms with Gasteiger partial charge >= 0.3 is 0 Å². The largest absolute Gasteiger partial charge is 0.467 e. The van der Waals surface area contributed by atoms with Crippen LogP contribution in [-0.2, 0) is 13.1 Å². The molecule has 0 radical (unpaired) electrons. The second-order valence-electron chi connectivity index (χ2n) is 6.83. The molecule has 3 heterocycles. The van der Waals surface area contributed by atoms with Crippen LogP contribution in [0.3, 0.4) is 0 Å². The van der Waals surface area contributed by atoms with Gasteiger partial charge in [0.2, 0.25) is 17.5 Å². The number of aromatic nitrogens is 1. The van der Waals surface area contributed by atoms with Crippen LogP contribution in [0.1, 0.15) is 16.3 Å². The standard InChI is InChI=1S/C24H17N3O2S/c25-14-22-24(27(15-18-8-4-12-28-18)16-19-9-5-13-30-19)29-23(26-22)21-11-3-7-17-6-1-2-10-20(17)21/h1-13H,15-16H2. The van der Waals surface area contributed by atoms with Crippen molar-refractivity contribution in [2.24, 2.45) is 0 Å². The third kappa shape index (κ3) is 3.47. The lowest BCUT2D eigenvalue weighted by Crippen LogP contribution is -2.21. The lowest BCUT2D eigenvalue weighted by molar-refractivity contribution is 0.483. The molecule has 5 rings (SSSR count). The van der Waals surface area contributed by atoms with Crippen molar-refractivity contribution >= 4 is 28.0 Å². The zero-order valence-corrected chi connectivity index (χ0v) is 16.8. The average Bonchev–Trinajstić information content (AvgIpc) is 3.54. The molecule has 0 spiro atoms. The van der Waals surface area contributed by atoms with E-state index in [2.05, 4.69) is 17.1 Å². The summed E-state index contributed by atoms with van der Waals surface area (Å²) in [5.41, 5.74) is 1.13. The maximum atomic E-state index is 9.77. The summed E-state index contributed by atoms with van der Waals surface area (Å²) in [7, 11) is 0. The Bertz CT molecular complexity index is 1270. The number of fused-ring (bicyclic) bond motifs is 1. The Hall–Kier alpha value is -3.82. The number of benzene rings is 2. The van der Waals surface area contributed by atoms with Crippen LogP contribution in [-0.4, -0.2) is 4.98 Å². The van der Waals surface area contributed by atoms with Gasteiger partial charge in [0, 0.05) is 10.4 Å². The van der Waals surface area contributed by atoms with E-state index in [4.69, 9.17) is 8.83 Å². The molecule has 5 aromatic rings. The van der Waals surface area contributed by atoms with Gasteiger partial charge in [-0.25, -0.2) is 0 Å². The van der Waals surface area contributed by atoms with Crippen LogP contribution < -0.4 is 4.90 Å². The fourth-order valence-corrected chi connectivity index (χ4v) is 4.23. The van der Waals surface area contributed by atoms with Gasteiger partial charge in [-0.2, -0.15) is 10.2 Å². The van der Waals surface area contributed by atoms with E-state index in [1.165, 1.54) is 0 Å². The summed E-state index contributed by atoms with van der Waals surface area (Å²) in [6.07, 6.45) is 1.64. The van der Waals surface area contributed by atoms with Crippen molar-refractivity contribution in [2.75, 3.05) is 4.90 Å². The van der Waals surface area contributed by atoms with Gasteiger partial charge < -0.3 is 13.7 Å². The Morgan fingerprint density at radius 1 is 0.967 bits per heavy atom. The van der Waals surface area contributed by atoms with Crippen LogP contribution in [0.5, 0.6) is 0 Å². The summed E-state index contributed by atoms with van der Waals surface area (Å²) in [5.74, 6) is 1.68. The smallest absolute Gasteiger partial charge is 0.235 e. The number of nitriles is 1. The molecule has 3 aromatic heterocycles. The monoisotopic (exact) mass is 411 g/mol. The number of hydrogen-bond acceptors (Lipinski definition) is 6. The summed E-state index contributed by atoms with van der Waals surface area (Å²) >= 11 is 1.66. The van der Waals surface area contributed by atoms with Gasteiger partial charge in [0.15, 0.2) is 0 Å². The third-order valence-electron chi connectivity index (χ3n) is 4.88. The number of oxazole rings is 1. The van der Waals surface area contributed by atoms with Crippen molar-refractivity contribution in [2.45, 2.75) is 13.1 Å². The zero-order valence-electron chi connectivity index (χ0n) is 16.0. The van der Waals surface area contributed by atoms with Crippen molar-refractivity contribution in [3.05, 3.63) is 94.7 Å². The molecule has 0 saturated carbocycles. The molecule has 0 amide bonds. The molecule has 5 nitrogen and oxygen atoms in total. The molecule has 0 fully saturated rings. The van der Waals surface area contributed by atoms with Crippen molar-refractivity contribution in [1.82, 2.24) is 4.98 Å². The van der Waals surface area contributed by atoms with E-state index >= 15 is 0 Å². The van der Waals surface area contributed by atoms with Gasteiger partial charge in [-0.1, -0.05) is 42.5 Å². The number of anilines is 1. The molecule has 0 aliphatic heterocycles. The highest BCUT2D eigenvalue weighted by molar-refractivity contribution is 7.09. The topological polar surface area (TPSA) is 66.2 Å². The van der Waals surface area contributed by atoms with E-state index in [9.17, 15) is 5.26 Å². The number of nitrogens with zero attached hydrogens (tertiary/aromatic N) is 3. The SMILES string of the molecule is N#Cc1nc(-c2cccc3ccccc23)oc1N(Cc1ccco1)Cc1cccs1. The second kappa shape index (κ2) is 7.90. The van der Waals surface area contributed by atoms with Gasteiger partial charge in [0.25, 0.3) is 0 Å². The summed E-state index contributed by atoms with van der Waals surface area (Å²) in [5, 5.41) is 13.9. The molecule has 0 N–H and O–H groups in total. The Balaban J connectivity index is 1.59. The maximum absolute atomic E-state index is 9.77. The normalized spacial score (nSPS) is 10.9. The molecule has 146 valence electrons. The number of thiophene rings is 1. The Morgan fingerprint density at radius 2 is 1.87 bits per heavy atom. The van der Waals surface area contributed by atoms with Gasteiger partial charge in [0.05, 0.1) is 19.4 Å². The highest BCUT2D eigenvalue weighted by Crippen LogP contribution is 2.34. The van der Waals surface area contributed by atoms with Crippen molar-refractivity contribution in [3.8, 4) is 17.5 Å². The summed E-state index contributed by atoms with van der Waals surface area (Å²) in [6.45, 7) is 1.07. The van der Waals surface area contributed by atoms with Crippen LogP contribution in [0.4, 0.5) is 5.88 Å². The first-order valence-electron chi connectivity index (χ1n) is 9.50. The minimum atomic E-state index is 0.265. The van der Waals surface area contributed by atoms with Crippen LogP contribution in [0.2, 0.25) is 0 Å². The summed E-state index contributed by atoms with van der Waals surface area (Å²) < 4.78 is 11.8. The first-order chi connectivity index (χ1) is 14.8. The van der Waals surface area contributed by atoms with E-state index in [-0.39, 0.29) is 5.69 Å². The third-order valence-corrected chi connectivity index (χ3v) is 5.74. The predicted molar refractivity (Wildman–Crippen MR) is 117 cm³/mol. The molecule has 0 saturated heterocycles. The maximum Gasteiger partial charge on any atom is 0.235 e. The van der Waals surface area contributed by atoms with E-state index in [1.54, 1.807) is 17.6 Å². The molecule has 30 heavy (non-hydrogen) atoms. The predicted octanol–water partition coefficient (Wildman–Crippen LogP) is 6.23. The van der Waals surface area contributed by atoms with Crippen molar-refractivity contribution in [3.63, 3.8) is 0 Å². The molecule has 0 atom stereocenters. The Morgan fingerprint density at radius 3 is 2.67 bits per heavy atom. The van der Waals surface area contributed by atoms with Gasteiger partial charge in [-0.15, -0.1) is 11.3 Å². The van der Waals surface area contributed by atoms with E-state index in [0.717, 1.165) is 27.0 Å². The van der Waals surface area contributed by atoms with Crippen LogP contribution >= 0.6 is 11.3 Å². The number of hydrogen-bond donors (Lipinski definition) is 0. The zero-order chi connectivity index (χ0) is 20.3. The molecule has 0 bridgehead atoms. The summed E-state index contributed by atoms with van der Waals surface area (Å²) in [6, 6.07) is 24.1. The molecule has 2 aromatic carbocycles. The van der Waals surface area contributed by atoms with Crippen LogP contribution in [0.25, 0.3) is 22.2 Å². The number of furan rings is 1. The van der Waals surface area contributed by atoms with E-state index in [0.29, 0.717) is 24.9 Å². The molecule has 0 unspecified atom stereocenters. The molecule has 0 aliphatic rings. The van der Waals surface area contributed by atoms with Gasteiger partial charge in [-0.05, 0) is 40.4 Å². The fraction of sp³-hybridized carbons (Fsp3) is 0.0833. The van der Waals surface area contributed by atoms with Crippen LogP contribution in [0.15, 0.2) is 87.2 Å². The first-order valence-corrected chi connectivity index (χ1v) is 10.4. The van der Waals surface area contributed by atoms with Gasteiger partial charge in [0.1, 0.15) is 11.8 Å². The van der Waals surface area contributed by atoms with Gasteiger partial charge in [-0.3, -0.25) is 0 Å². The minimum Gasteiger partial charge on any atom is -0.467 e. The Labute approximate surface area is 177 Å². The highest BCUT2D eigenvalue weighted by Gasteiger charge is 2.23. The van der Waals surface area contributed by atoms with Crippen LogP contribution in [0, 0.1) is 11.3 Å². The minimum absolute atomic E-state index is 0.265. The van der Waals surface area contributed by atoms with E-state index in [1.807, 2.05) is 70.9 Å². The average molecular weight is 411 g/mol. The lowest BCUT2D eigenvalue weighted by Gasteiger charge is -2.20. The van der Waals surface area contributed by atoms with Crippen molar-refractivity contribution < 1.29 is 8.83 Å². The molecular formula is C24H17N3O2S. The first kappa shape index (κ1) is 18.2. The fourth-order valence-electron chi connectivity index (χ4n) is 3.51. The highest BCUT2D eigenvalue weighted by atomic mass is 32.1. The molecular weight excluding hydrogens is 394 g/mol.